The Labute approximate surface area is 142 Å². The summed E-state index contributed by atoms with van der Waals surface area (Å²) in [7, 11) is 0. The van der Waals surface area contributed by atoms with Crippen LogP contribution in [0.1, 0.15) is 29.6 Å². The summed E-state index contributed by atoms with van der Waals surface area (Å²) in [4.78, 5) is 12.0. The average Bonchev–Trinajstić information content (AvgIpc) is 2.47. The van der Waals surface area contributed by atoms with Gasteiger partial charge in [-0.1, -0.05) is 15.9 Å². The molecule has 21 heavy (non-hydrogen) atoms. The van der Waals surface area contributed by atoms with Crippen LogP contribution in [-0.2, 0) is 4.74 Å². The van der Waals surface area contributed by atoms with Gasteiger partial charge in [0.2, 0.25) is 0 Å². The maximum absolute atomic E-state index is 12.0. The maximum Gasteiger partial charge on any atom is 0.252 e. The van der Waals surface area contributed by atoms with E-state index in [1.54, 1.807) is 6.07 Å². The molecular formula is C15H20Br2N2O2. The highest BCUT2D eigenvalue weighted by Crippen LogP contribution is 2.21. The normalized spacial score (nSPS) is 15.9. The lowest BCUT2D eigenvalue weighted by Crippen LogP contribution is -2.33. The van der Waals surface area contributed by atoms with Crippen LogP contribution in [0.3, 0.4) is 0 Å². The number of nitrogens with one attached hydrogen (secondary N) is 2. The molecule has 1 aliphatic rings. The van der Waals surface area contributed by atoms with Gasteiger partial charge < -0.3 is 15.4 Å². The van der Waals surface area contributed by atoms with Gasteiger partial charge in [0.15, 0.2) is 0 Å². The molecule has 0 aliphatic carbocycles. The van der Waals surface area contributed by atoms with E-state index in [4.69, 9.17) is 4.74 Å². The zero-order chi connectivity index (χ0) is 15.1. The molecule has 0 saturated carbocycles. The number of carbonyl (C=O) groups excluding carboxylic acids is 1. The summed E-state index contributed by atoms with van der Waals surface area (Å²) in [6.07, 6.45) is 3.38. The number of benzene rings is 1. The standard InChI is InChI=1S/C15H20Br2N2O2/c16-11-2-3-13(14(17)10-11)15(20)19-6-1-9-21-12-4-7-18-8-5-12/h2-3,10,12,18H,1,4-9H2,(H,19,20). The zero-order valence-electron chi connectivity index (χ0n) is 11.8. The first-order valence-corrected chi connectivity index (χ1v) is 8.81. The Balaban J connectivity index is 1.64. The topological polar surface area (TPSA) is 50.4 Å². The highest BCUT2D eigenvalue weighted by atomic mass is 79.9. The second kappa shape index (κ2) is 8.88. The van der Waals surface area contributed by atoms with Crippen molar-refractivity contribution in [2.24, 2.45) is 0 Å². The lowest BCUT2D eigenvalue weighted by molar-refractivity contribution is 0.0318. The first-order chi connectivity index (χ1) is 10.2. The number of hydrogen-bond donors (Lipinski definition) is 2. The molecule has 1 fully saturated rings. The van der Waals surface area contributed by atoms with Gasteiger partial charge in [-0.15, -0.1) is 0 Å². The average molecular weight is 420 g/mol. The van der Waals surface area contributed by atoms with E-state index >= 15 is 0 Å². The van der Waals surface area contributed by atoms with Crippen molar-refractivity contribution >= 4 is 37.8 Å². The number of ether oxygens (including phenoxy) is 1. The molecule has 1 saturated heterocycles. The summed E-state index contributed by atoms with van der Waals surface area (Å²) in [5.41, 5.74) is 0.650. The van der Waals surface area contributed by atoms with Gasteiger partial charge in [-0.2, -0.15) is 0 Å². The second-order valence-electron chi connectivity index (χ2n) is 5.05. The van der Waals surface area contributed by atoms with Gasteiger partial charge in [0.1, 0.15) is 0 Å². The van der Waals surface area contributed by atoms with E-state index in [2.05, 4.69) is 42.5 Å². The van der Waals surface area contributed by atoms with Gasteiger partial charge in [0.25, 0.3) is 5.91 Å². The Kier molecular flexibility index (Phi) is 7.16. The Morgan fingerprint density at radius 2 is 2.10 bits per heavy atom. The number of rotatable bonds is 6. The first kappa shape index (κ1) is 16.9. The Hall–Kier alpha value is -0.430. The summed E-state index contributed by atoms with van der Waals surface area (Å²) in [5, 5.41) is 6.23. The van der Waals surface area contributed by atoms with Crippen molar-refractivity contribution in [2.75, 3.05) is 26.2 Å². The van der Waals surface area contributed by atoms with Gasteiger partial charge in [0, 0.05) is 22.1 Å². The maximum atomic E-state index is 12.0. The summed E-state index contributed by atoms with van der Waals surface area (Å²) in [6, 6.07) is 5.53. The molecule has 2 N–H and O–H groups in total. The highest BCUT2D eigenvalue weighted by molar-refractivity contribution is 9.11. The van der Waals surface area contributed by atoms with Crippen LogP contribution in [0, 0.1) is 0 Å². The van der Waals surface area contributed by atoms with Crippen molar-refractivity contribution in [3.05, 3.63) is 32.7 Å². The van der Waals surface area contributed by atoms with E-state index in [1.807, 2.05) is 12.1 Å². The molecule has 116 valence electrons. The van der Waals surface area contributed by atoms with Crippen LogP contribution < -0.4 is 10.6 Å². The van der Waals surface area contributed by atoms with Crippen molar-refractivity contribution in [1.82, 2.24) is 10.6 Å². The molecular weight excluding hydrogens is 400 g/mol. The molecule has 0 unspecified atom stereocenters. The quantitative estimate of drug-likeness (QED) is 0.696. The minimum atomic E-state index is -0.0590. The number of amides is 1. The third-order valence-corrected chi connectivity index (χ3v) is 4.57. The summed E-state index contributed by atoms with van der Waals surface area (Å²) in [6.45, 7) is 3.41. The van der Waals surface area contributed by atoms with Crippen LogP contribution in [0.5, 0.6) is 0 Å². The summed E-state index contributed by atoms with van der Waals surface area (Å²) >= 11 is 6.77. The molecule has 1 aromatic rings. The van der Waals surface area contributed by atoms with Crippen LogP contribution in [0.25, 0.3) is 0 Å². The van der Waals surface area contributed by atoms with Crippen LogP contribution in [0.2, 0.25) is 0 Å². The van der Waals surface area contributed by atoms with E-state index < -0.39 is 0 Å². The zero-order valence-corrected chi connectivity index (χ0v) is 15.0. The molecule has 1 aliphatic heterocycles. The van der Waals surface area contributed by atoms with E-state index in [-0.39, 0.29) is 5.91 Å². The van der Waals surface area contributed by atoms with Crippen LogP contribution in [-0.4, -0.2) is 38.3 Å². The lowest BCUT2D eigenvalue weighted by atomic mass is 10.1. The summed E-state index contributed by atoms with van der Waals surface area (Å²) in [5.74, 6) is -0.0590. The molecule has 4 nitrogen and oxygen atoms in total. The number of piperidine rings is 1. The molecule has 0 atom stereocenters. The van der Waals surface area contributed by atoms with Crippen molar-refractivity contribution in [2.45, 2.75) is 25.4 Å². The van der Waals surface area contributed by atoms with Crippen molar-refractivity contribution in [3.8, 4) is 0 Å². The highest BCUT2D eigenvalue weighted by Gasteiger charge is 2.13. The second-order valence-corrected chi connectivity index (χ2v) is 6.82. The predicted octanol–water partition coefficient (Wildman–Crippen LogP) is 3.10. The Morgan fingerprint density at radius 1 is 1.33 bits per heavy atom. The van der Waals surface area contributed by atoms with E-state index in [0.29, 0.717) is 24.8 Å². The molecule has 1 amide bonds. The fourth-order valence-electron chi connectivity index (χ4n) is 2.26. The van der Waals surface area contributed by atoms with Crippen LogP contribution >= 0.6 is 31.9 Å². The smallest absolute Gasteiger partial charge is 0.252 e. The Morgan fingerprint density at radius 3 is 2.81 bits per heavy atom. The van der Waals surface area contributed by atoms with Gasteiger partial charge in [-0.3, -0.25) is 4.79 Å². The van der Waals surface area contributed by atoms with Crippen LogP contribution in [0.15, 0.2) is 27.1 Å². The predicted molar refractivity (Wildman–Crippen MR) is 90.6 cm³/mol. The fraction of sp³-hybridized carbons (Fsp3) is 0.533. The van der Waals surface area contributed by atoms with E-state index in [1.165, 1.54) is 0 Å². The van der Waals surface area contributed by atoms with Crippen molar-refractivity contribution < 1.29 is 9.53 Å². The molecule has 6 heteroatoms. The van der Waals surface area contributed by atoms with Gasteiger partial charge in [-0.05, 0) is 66.5 Å². The third kappa shape index (κ3) is 5.70. The number of hydrogen-bond acceptors (Lipinski definition) is 3. The number of halogens is 2. The van der Waals surface area contributed by atoms with Crippen molar-refractivity contribution in [1.29, 1.82) is 0 Å². The fourth-order valence-corrected chi connectivity index (χ4v) is 3.48. The van der Waals surface area contributed by atoms with Gasteiger partial charge in [0.05, 0.1) is 11.7 Å². The molecule has 0 spiro atoms. The van der Waals surface area contributed by atoms with E-state index in [9.17, 15) is 4.79 Å². The molecule has 0 aromatic heterocycles. The molecule has 0 radical (unpaired) electrons. The molecule has 1 aromatic carbocycles. The van der Waals surface area contributed by atoms with E-state index in [0.717, 1.165) is 41.3 Å². The molecule has 0 bridgehead atoms. The lowest BCUT2D eigenvalue weighted by Gasteiger charge is -2.22. The Bertz CT molecular complexity index is 477. The summed E-state index contributed by atoms with van der Waals surface area (Å²) < 4.78 is 7.54. The van der Waals surface area contributed by atoms with Crippen LogP contribution in [0.4, 0.5) is 0 Å². The first-order valence-electron chi connectivity index (χ1n) is 7.22. The third-order valence-electron chi connectivity index (χ3n) is 3.42. The minimum Gasteiger partial charge on any atom is -0.378 e. The molecule has 2 rings (SSSR count). The largest absolute Gasteiger partial charge is 0.378 e. The minimum absolute atomic E-state index is 0.0590. The number of carbonyl (C=O) groups is 1. The monoisotopic (exact) mass is 418 g/mol. The molecule has 1 heterocycles. The van der Waals surface area contributed by atoms with Crippen molar-refractivity contribution in [3.63, 3.8) is 0 Å². The van der Waals surface area contributed by atoms with Gasteiger partial charge >= 0.3 is 0 Å². The SMILES string of the molecule is O=C(NCCCOC1CCNCC1)c1ccc(Br)cc1Br. The van der Waals surface area contributed by atoms with Gasteiger partial charge in [-0.25, -0.2) is 0 Å².